The second-order valence-electron chi connectivity index (χ2n) is 7.27. The maximum Gasteiger partial charge on any atom is 0.408 e. The van der Waals surface area contributed by atoms with Crippen molar-refractivity contribution in [3.63, 3.8) is 0 Å². The fraction of sp³-hybridized carbons (Fsp3) is 0.333. The summed E-state index contributed by atoms with van der Waals surface area (Å²) in [5.74, 6) is -0.971. The molecular weight excluding hydrogens is 365 g/mol. The van der Waals surface area contributed by atoms with Gasteiger partial charge >= 0.3 is 12.1 Å². The van der Waals surface area contributed by atoms with Crippen LogP contribution in [0, 0.1) is 5.82 Å². The molecule has 0 aliphatic heterocycles. The Labute approximate surface area is 163 Å². The normalized spacial score (nSPS) is 12.1. The van der Waals surface area contributed by atoms with Crippen LogP contribution in [0.4, 0.5) is 9.18 Å². The van der Waals surface area contributed by atoms with Gasteiger partial charge in [-0.25, -0.2) is 14.0 Å². The van der Waals surface area contributed by atoms with Gasteiger partial charge in [0.25, 0.3) is 0 Å². The molecule has 1 atom stereocenters. The Balaban J connectivity index is 1.94. The van der Waals surface area contributed by atoms with Gasteiger partial charge in [0.15, 0.2) is 0 Å². The Morgan fingerprint density at radius 2 is 1.75 bits per heavy atom. The molecule has 2 rings (SSSR count). The Bertz CT molecular complexity index is 814. The Morgan fingerprint density at radius 3 is 2.32 bits per heavy atom. The number of amides is 1. The van der Waals surface area contributed by atoms with E-state index in [1.807, 2.05) is 0 Å². The van der Waals surface area contributed by atoms with Crippen LogP contribution in [-0.4, -0.2) is 28.8 Å². The van der Waals surface area contributed by atoms with Crippen molar-refractivity contribution >= 4 is 12.1 Å². The number of carbonyl (C=O) groups is 2. The summed E-state index contributed by atoms with van der Waals surface area (Å²) in [5.41, 5.74) is 0.422. The van der Waals surface area contributed by atoms with Crippen molar-refractivity contribution in [3.8, 4) is 5.75 Å². The summed E-state index contributed by atoms with van der Waals surface area (Å²) in [5, 5.41) is 11.7. The minimum Gasteiger partial charge on any atom is -0.489 e. The number of nitrogens with one attached hydrogen (secondary N) is 1. The van der Waals surface area contributed by atoms with E-state index in [1.54, 1.807) is 63.2 Å². The van der Waals surface area contributed by atoms with Gasteiger partial charge in [-0.05, 0) is 44.5 Å². The van der Waals surface area contributed by atoms with Crippen LogP contribution in [-0.2, 0) is 22.6 Å². The summed E-state index contributed by atoms with van der Waals surface area (Å²) in [4.78, 5) is 23.3. The molecule has 2 aromatic carbocycles. The van der Waals surface area contributed by atoms with Gasteiger partial charge in [0.2, 0.25) is 0 Å². The van der Waals surface area contributed by atoms with E-state index in [4.69, 9.17) is 9.47 Å². The predicted molar refractivity (Wildman–Crippen MR) is 102 cm³/mol. The smallest absolute Gasteiger partial charge is 0.408 e. The van der Waals surface area contributed by atoms with Crippen molar-refractivity contribution in [1.29, 1.82) is 0 Å². The van der Waals surface area contributed by atoms with E-state index < -0.39 is 23.7 Å². The number of benzene rings is 2. The van der Waals surface area contributed by atoms with Crippen molar-refractivity contribution in [3.05, 3.63) is 65.5 Å². The van der Waals surface area contributed by atoms with Gasteiger partial charge in [-0.3, -0.25) is 0 Å². The van der Waals surface area contributed by atoms with Crippen molar-refractivity contribution in [2.45, 2.75) is 45.4 Å². The lowest BCUT2D eigenvalue weighted by atomic mass is 10.1. The molecule has 150 valence electrons. The molecule has 0 saturated heterocycles. The molecule has 0 aromatic heterocycles. The number of ether oxygens (including phenoxy) is 2. The van der Waals surface area contributed by atoms with E-state index in [0.29, 0.717) is 16.9 Å². The second kappa shape index (κ2) is 9.21. The van der Waals surface area contributed by atoms with Crippen LogP contribution in [0.5, 0.6) is 5.75 Å². The molecular formula is C21H24FNO5. The first-order chi connectivity index (χ1) is 13.1. The van der Waals surface area contributed by atoms with Crippen LogP contribution >= 0.6 is 0 Å². The zero-order chi connectivity index (χ0) is 20.7. The SMILES string of the molecule is CC(C)(C)OC(=O)NC(Cc1ccc(OCc2ccccc2F)cc1)C(=O)O. The third-order valence-electron chi connectivity index (χ3n) is 3.70. The monoisotopic (exact) mass is 389 g/mol. The highest BCUT2D eigenvalue weighted by atomic mass is 19.1. The highest BCUT2D eigenvalue weighted by Crippen LogP contribution is 2.17. The number of aliphatic carboxylic acids is 1. The molecule has 2 aromatic rings. The van der Waals surface area contributed by atoms with Gasteiger partial charge in [0, 0.05) is 12.0 Å². The molecule has 2 N–H and O–H groups in total. The van der Waals surface area contributed by atoms with E-state index in [9.17, 15) is 19.1 Å². The molecule has 0 aliphatic carbocycles. The zero-order valence-electron chi connectivity index (χ0n) is 16.1. The summed E-state index contributed by atoms with van der Waals surface area (Å²) in [6.45, 7) is 5.18. The fourth-order valence-electron chi connectivity index (χ4n) is 2.38. The Kier molecular flexibility index (Phi) is 6.98. The lowest BCUT2D eigenvalue weighted by molar-refractivity contribution is -0.139. The predicted octanol–water partition coefficient (Wildman–Crippen LogP) is 3.93. The molecule has 0 aliphatic rings. The molecule has 28 heavy (non-hydrogen) atoms. The molecule has 0 radical (unpaired) electrons. The summed E-state index contributed by atoms with van der Waals surface area (Å²) in [6.07, 6.45) is -0.702. The minimum absolute atomic E-state index is 0.0855. The van der Waals surface area contributed by atoms with E-state index in [1.165, 1.54) is 6.07 Å². The van der Waals surface area contributed by atoms with E-state index in [-0.39, 0.29) is 18.8 Å². The number of halogens is 1. The Morgan fingerprint density at radius 1 is 1.11 bits per heavy atom. The summed E-state index contributed by atoms with van der Waals surface area (Å²) in [6, 6.07) is 12.0. The first-order valence-electron chi connectivity index (χ1n) is 8.81. The maximum absolute atomic E-state index is 13.6. The minimum atomic E-state index is -1.16. The summed E-state index contributed by atoms with van der Waals surface area (Å²) < 4.78 is 24.3. The third kappa shape index (κ3) is 6.90. The molecule has 7 heteroatoms. The van der Waals surface area contributed by atoms with Crippen LogP contribution in [0.25, 0.3) is 0 Å². The highest BCUT2D eigenvalue weighted by Gasteiger charge is 2.24. The first-order valence-corrected chi connectivity index (χ1v) is 8.81. The molecule has 0 bridgehead atoms. The van der Waals surface area contributed by atoms with Gasteiger partial charge in [-0.15, -0.1) is 0 Å². The van der Waals surface area contributed by atoms with Crippen molar-refractivity contribution in [2.75, 3.05) is 0 Å². The van der Waals surface area contributed by atoms with Gasteiger partial charge in [0.1, 0.15) is 29.8 Å². The second-order valence-corrected chi connectivity index (χ2v) is 7.27. The van der Waals surface area contributed by atoms with E-state index >= 15 is 0 Å². The number of hydrogen-bond donors (Lipinski definition) is 2. The quantitative estimate of drug-likeness (QED) is 0.750. The van der Waals surface area contributed by atoms with Gasteiger partial charge in [-0.2, -0.15) is 0 Å². The standard InChI is InChI=1S/C21H24FNO5/c1-21(2,3)28-20(26)23-18(19(24)25)12-14-8-10-16(11-9-14)27-13-15-6-4-5-7-17(15)22/h4-11,18H,12-13H2,1-3H3,(H,23,26)(H,24,25). The van der Waals surface area contributed by atoms with E-state index in [2.05, 4.69) is 5.32 Å². The fourth-order valence-corrected chi connectivity index (χ4v) is 2.38. The largest absolute Gasteiger partial charge is 0.489 e. The third-order valence-corrected chi connectivity index (χ3v) is 3.70. The number of alkyl carbamates (subject to hydrolysis) is 1. The van der Waals surface area contributed by atoms with Gasteiger partial charge in [0.05, 0.1) is 0 Å². The van der Waals surface area contributed by atoms with Crippen molar-refractivity contribution in [2.24, 2.45) is 0 Å². The highest BCUT2D eigenvalue weighted by molar-refractivity contribution is 5.80. The molecule has 0 spiro atoms. The summed E-state index contributed by atoms with van der Waals surface area (Å²) in [7, 11) is 0. The lowest BCUT2D eigenvalue weighted by Crippen LogP contribution is -2.44. The topological polar surface area (TPSA) is 84.9 Å². The van der Waals surface area contributed by atoms with Crippen LogP contribution in [0.1, 0.15) is 31.9 Å². The zero-order valence-corrected chi connectivity index (χ0v) is 16.1. The molecule has 1 unspecified atom stereocenters. The average molecular weight is 389 g/mol. The molecule has 0 fully saturated rings. The number of carbonyl (C=O) groups excluding carboxylic acids is 1. The number of hydrogen-bond acceptors (Lipinski definition) is 4. The van der Waals surface area contributed by atoms with Gasteiger partial charge < -0.3 is 19.9 Å². The van der Waals surface area contributed by atoms with Crippen molar-refractivity contribution in [1.82, 2.24) is 5.32 Å². The number of carboxylic acid groups (broad SMARTS) is 1. The van der Waals surface area contributed by atoms with Crippen molar-refractivity contribution < 1.29 is 28.6 Å². The molecule has 0 heterocycles. The van der Waals surface area contributed by atoms with Crippen LogP contribution < -0.4 is 10.1 Å². The van der Waals surface area contributed by atoms with Crippen LogP contribution in [0.2, 0.25) is 0 Å². The average Bonchev–Trinajstić information content (AvgIpc) is 2.60. The van der Waals surface area contributed by atoms with Crippen LogP contribution in [0.15, 0.2) is 48.5 Å². The molecule has 1 amide bonds. The Hall–Kier alpha value is -3.09. The maximum atomic E-state index is 13.6. The molecule has 6 nitrogen and oxygen atoms in total. The molecule has 0 saturated carbocycles. The van der Waals surface area contributed by atoms with Gasteiger partial charge in [-0.1, -0.05) is 30.3 Å². The number of rotatable bonds is 7. The summed E-state index contributed by atoms with van der Waals surface area (Å²) >= 11 is 0. The number of carboxylic acids is 1. The first kappa shape index (κ1) is 21.2. The van der Waals surface area contributed by atoms with Crippen LogP contribution in [0.3, 0.4) is 0 Å². The van der Waals surface area contributed by atoms with E-state index in [0.717, 1.165) is 0 Å². The lowest BCUT2D eigenvalue weighted by Gasteiger charge is -2.22.